The Labute approximate surface area is 108 Å². The molecule has 2 rings (SSSR count). The number of nitrogens with one attached hydrogen (secondary N) is 1. The van der Waals surface area contributed by atoms with Crippen LogP contribution >= 0.6 is 34.9 Å². The SMILES string of the molecule is Nc1ccsc1C(=O)NCC1CSCCS1. The summed E-state index contributed by atoms with van der Waals surface area (Å²) in [5.41, 5.74) is 6.27. The van der Waals surface area contributed by atoms with E-state index in [2.05, 4.69) is 5.32 Å². The molecule has 0 radical (unpaired) electrons. The molecule has 0 bridgehead atoms. The Hall–Kier alpha value is -0.330. The van der Waals surface area contributed by atoms with Crippen LogP contribution in [0.4, 0.5) is 5.69 Å². The number of nitrogens with two attached hydrogens (primary N) is 1. The van der Waals surface area contributed by atoms with E-state index in [0.29, 0.717) is 15.8 Å². The molecule has 1 aromatic rings. The number of hydrogen-bond donors (Lipinski definition) is 2. The zero-order valence-corrected chi connectivity index (χ0v) is 11.2. The molecule has 16 heavy (non-hydrogen) atoms. The van der Waals surface area contributed by atoms with E-state index in [9.17, 15) is 4.79 Å². The number of hydrogen-bond acceptors (Lipinski definition) is 5. The van der Waals surface area contributed by atoms with Gasteiger partial charge in [-0.15, -0.1) is 11.3 Å². The lowest BCUT2D eigenvalue weighted by Gasteiger charge is -2.20. The zero-order chi connectivity index (χ0) is 11.4. The number of rotatable bonds is 3. The Balaban J connectivity index is 1.81. The number of nitrogen functional groups attached to an aromatic ring is 1. The number of carbonyl (C=O) groups is 1. The fourth-order valence-corrected chi connectivity index (χ4v) is 4.79. The van der Waals surface area contributed by atoms with Crippen molar-refractivity contribution in [1.82, 2.24) is 5.32 Å². The standard InChI is InChI=1S/C10H14N2OS3/c11-8-1-2-16-9(8)10(13)12-5-7-6-14-3-4-15-7/h1-2,7H,3-6,11H2,(H,12,13). The van der Waals surface area contributed by atoms with Crippen LogP contribution in [0.5, 0.6) is 0 Å². The molecule has 0 aromatic carbocycles. The van der Waals surface area contributed by atoms with Gasteiger partial charge in [-0.3, -0.25) is 4.79 Å². The second-order valence-corrected chi connectivity index (χ2v) is 6.96. The van der Waals surface area contributed by atoms with Crippen molar-refractivity contribution in [3.05, 3.63) is 16.3 Å². The van der Waals surface area contributed by atoms with Gasteiger partial charge in [0.25, 0.3) is 5.91 Å². The fourth-order valence-electron chi connectivity index (χ4n) is 1.44. The Kier molecular flexibility index (Phi) is 4.43. The summed E-state index contributed by atoms with van der Waals surface area (Å²) in [6, 6.07) is 1.77. The van der Waals surface area contributed by atoms with Crippen LogP contribution in [0.2, 0.25) is 0 Å². The van der Waals surface area contributed by atoms with Gasteiger partial charge in [0.15, 0.2) is 0 Å². The van der Waals surface area contributed by atoms with Gasteiger partial charge in [-0.25, -0.2) is 0 Å². The minimum absolute atomic E-state index is 0.0383. The third-order valence-corrected chi connectivity index (χ3v) is 6.05. The number of anilines is 1. The van der Waals surface area contributed by atoms with Gasteiger partial charge in [-0.2, -0.15) is 23.5 Å². The highest BCUT2D eigenvalue weighted by molar-refractivity contribution is 8.06. The van der Waals surface area contributed by atoms with E-state index >= 15 is 0 Å². The van der Waals surface area contributed by atoms with E-state index in [4.69, 9.17) is 5.73 Å². The highest BCUT2D eigenvalue weighted by atomic mass is 32.2. The maximum absolute atomic E-state index is 11.8. The largest absolute Gasteiger partial charge is 0.397 e. The van der Waals surface area contributed by atoms with E-state index < -0.39 is 0 Å². The molecule has 3 N–H and O–H groups in total. The molecule has 1 aromatic heterocycles. The van der Waals surface area contributed by atoms with Gasteiger partial charge in [-0.05, 0) is 11.4 Å². The Bertz CT molecular complexity index is 361. The lowest BCUT2D eigenvalue weighted by Crippen LogP contribution is -2.33. The average Bonchev–Trinajstić information content (AvgIpc) is 2.74. The number of thioether (sulfide) groups is 2. The molecule has 0 aliphatic carbocycles. The lowest BCUT2D eigenvalue weighted by atomic mass is 10.3. The smallest absolute Gasteiger partial charge is 0.263 e. The monoisotopic (exact) mass is 274 g/mol. The molecule has 0 spiro atoms. The summed E-state index contributed by atoms with van der Waals surface area (Å²) >= 11 is 5.30. The summed E-state index contributed by atoms with van der Waals surface area (Å²) in [4.78, 5) is 12.4. The van der Waals surface area contributed by atoms with Crippen LogP contribution in [0.25, 0.3) is 0 Å². The van der Waals surface area contributed by atoms with Gasteiger partial charge < -0.3 is 11.1 Å². The number of thiophene rings is 1. The quantitative estimate of drug-likeness (QED) is 0.884. The molecule has 1 amide bonds. The van der Waals surface area contributed by atoms with E-state index in [-0.39, 0.29) is 5.91 Å². The van der Waals surface area contributed by atoms with E-state index in [0.717, 1.165) is 12.3 Å². The first-order valence-corrected chi connectivity index (χ1v) is 8.16. The first-order chi connectivity index (χ1) is 7.77. The van der Waals surface area contributed by atoms with Crippen LogP contribution in [0.3, 0.4) is 0 Å². The maximum Gasteiger partial charge on any atom is 0.263 e. The first kappa shape index (κ1) is 12.1. The summed E-state index contributed by atoms with van der Waals surface area (Å²) in [5, 5.41) is 5.34. The van der Waals surface area contributed by atoms with Gasteiger partial charge in [0, 0.05) is 29.1 Å². The predicted octanol–water partition coefficient (Wildman–Crippen LogP) is 1.91. The lowest BCUT2D eigenvalue weighted by molar-refractivity contribution is 0.0959. The molecule has 2 heterocycles. The van der Waals surface area contributed by atoms with Crippen molar-refractivity contribution in [2.45, 2.75) is 5.25 Å². The molecule has 3 nitrogen and oxygen atoms in total. The van der Waals surface area contributed by atoms with Crippen molar-refractivity contribution in [3.63, 3.8) is 0 Å². The topological polar surface area (TPSA) is 55.1 Å². The van der Waals surface area contributed by atoms with Crippen LogP contribution in [0, 0.1) is 0 Å². The minimum atomic E-state index is -0.0383. The van der Waals surface area contributed by atoms with E-state index in [1.54, 1.807) is 6.07 Å². The van der Waals surface area contributed by atoms with Crippen LogP contribution < -0.4 is 11.1 Å². The van der Waals surface area contributed by atoms with Crippen molar-refractivity contribution >= 4 is 46.5 Å². The number of amides is 1. The van der Waals surface area contributed by atoms with Crippen LogP contribution in [-0.4, -0.2) is 35.0 Å². The van der Waals surface area contributed by atoms with Gasteiger partial charge in [-0.1, -0.05) is 0 Å². The van der Waals surface area contributed by atoms with Crippen molar-refractivity contribution in [3.8, 4) is 0 Å². The minimum Gasteiger partial charge on any atom is -0.397 e. The van der Waals surface area contributed by atoms with Crippen LogP contribution in [0.15, 0.2) is 11.4 Å². The average molecular weight is 274 g/mol. The third-order valence-electron chi connectivity index (χ3n) is 2.28. The summed E-state index contributed by atoms with van der Waals surface area (Å²) < 4.78 is 0. The predicted molar refractivity (Wildman–Crippen MR) is 74.6 cm³/mol. The van der Waals surface area contributed by atoms with Crippen molar-refractivity contribution in [2.75, 3.05) is 29.5 Å². The summed E-state index contributed by atoms with van der Waals surface area (Å²) in [6.07, 6.45) is 0. The van der Waals surface area contributed by atoms with Crippen LogP contribution in [0.1, 0.15) is 9.67 Å². The van der Waals surface area contributed by atoms with E-state index in [1.807, 2.05) is 28.9 Å². The normalized spacial score (nSPS) is 20.6. The second-order valence-electron chi connectivity index (χ2n) is 3.48. The molecule has 1 fully saturated rings. The van der Waals surface area contributed by atoms with Crippen molar-refractivity contribution in [2.24, 2.45) is 0 Å². The van der Waals surface area contributed by atoms with Gasteiger partial charge in [0.1, 0.15) is 4.88 Å². The molecular formula is C10H14N2OS3. The molecule has 1 saturated heterocycles. The molecule has 88 valence electrons. The van der Waals surface area contributed by atoms with Crippen molar-refractivity contribution < 1.29 is 4.79 Å². The van der Waals surface area contributed by atoms with Gasteiger partial charge in [0.2, 0.25) is 0 Å². The Morgan fingerprint density at radius 3 is 3.06 bits per heavy atom. The molecule has 1 aliphatic rings. The van der Waals surface area contributed by atoms with Gasteiger partial charge in [0.05, 0.1) is 5.69 Å². The second kappa shape index (κ2) is 5.84. The fraction of sp³-hybridized carbons (Fsp3) is 0.500. The van der Waals surface area contributed by atoms with Crippen LogP contribution in [-0.2, 0) is 0 Å². The Morgan fingerprint density at radius 1 is 1.56 bits per heavy atom. The molecule has 1 atom stereocenters. The molecule has 6 heteroatoms. The summed E-state index contributed by atoms with van der Waals surface area (Å²) in [5.74, 6) is 3.51. The van der Waals surface area contributed by atoms with Gasteiger partial charge >= 0.3 is 0 Å². The zero-order valence-electron chi connectivity index (χ0n) is 8.77. The number of carbonyl (C=O) groups excluding carboxylic acids is 1. The van der Waals surface area contributed by atoms with E-state index in [1.165, 1.54) is 22.8 Å². The Morgan fingerprint density at radius 2 is 2.44 bits per heavy atom. The molecule has 1 aliphatic heterocycles. The molecule has 1 unspecified atom stereocenters. The van der Waals surface area contributed by atoms with Crippen molar-refractivity contribution in [1.29, 1.82) is 0 Å². The highest BCUT2D eigenvalue weighted by Gasteiger charge is 2.17. The maximum atomic E-state index is 11.8. The third kappa shape index (κ3) is 3.09. The highest BCUT2D eigenvalue weighted by Crippen LogP contribution is 2.24. The summed E-state index contributed by atoms with van der Waals surface area (Å²) in [6.45, 7) is 0.744. The molecular weight excluding hydrogens is 260 g/mol. The summed E-state index contributed by atoms with van der Waals surface area (Å²) in [7, 11) is 0. The first-order valence-electron chi connectivity index (χ1n) is 5.08. The molecule has 0 saturated carbocycles.